The predicted octanol–water partition coefficient (Wildman–Crippen LogP) is 3.16. The molecule has 0 spiro atoms. The number of rotatable bonds is 15. The van der Waals surface area contributed by atoms with Crippen LogP contribution in [-0.4, -0.2) is 36.5 Å². The maximum atomic E-state index is 3.56. The topological polar surface area (TPSA) is 0 Å². The summed E-state index contributed by atoms with van der Waals surface area (Å²) in [6.45, 7) is 8.78. The van der Waals surface area contributed by atoms with Gasteiger partial charge in [0.05, 0.1) is 26.7 Å². The van der Waals surface area contributed by atoms with Crippen molar-refractivity contribution in [3.05, 3.63) is 0 Å². The van der Waals surface area contributed by atoms with Crippen molar-refractivity contribution in [2.75, 3.05) is 32.0 Å². The summed E-state index contributed by atoms with van der Waals surface area (Å²) in [5.41, 5.74) is 0. The zero-order valence-corrected chi connectivity index (χ0v) is 18.6. The summed E-state index contributed by atoms with van der Waals surface area (Å²) >= 11 is 3.56. The second-order valence-electron chi connectivity index (χ2n) is 6.66. The van der Waals surface area contributed by atoms with Crippen molar-refractivity contribution < 1.29 is 28.5 Å². The summed E-state index contributed by atoms with van der Waals surface area (Å²) in [5, 5.41) is 1.17. The highest BCUT2D eigenvalue weighted by Gasteiger charge is 2.19. The summed E-state index contributed by atoms with van der Waals surface area (Å²) in [4.78, 5) is 0. The molecule has 0 N–H and O–H groups in total. The van der Waals surface area contributed by atoms with Crippen LogP contribution in [-0.2, 0) is 0 Å². The fourth-order valence-electron chi connectivity index (χ4n) is 2.94. The van der Waals surface area contributed by atoms with Crippen LogP contribution in [0, 0.1) is 0 Å². The van der Waals surface area contributed by atoms with Gasteiger partial charge in [-0.1, -0.05) is 61.9 Å². The molecule has 0 aliphatic carbocycles. The number of unbranched alkanes of at least 4 members (excludes halogenated alkanes) is 8. The number of quaternary nitrogens is 1. The minimum atomic E-state index is 0. The Morgan fingerprint density at radius 3 is 1.43 bits per heavy atom. The molecule has 1 nitrogen and oxygen atoms in total. The van der Waals surface area contributed by atoms with Gasteiger partial charge < -0.3 is 28.5 Å². The van der Waals surface area contributed by atoms with E-state index >= 15 is 0 Å². The van der Waals surface area contributed by atoms with Gasteiger partial charge in [0, 0.05) is 5.33 Å². The second kappa shape index (κ2) is 17.5. The van der Waals surface area contributed by atoms with E-state index in [0.29, 0.717) is 0 Å². The minimum absolute atomic E-state index is 0. The Hall–Kier alpha value is 1.17. The summed E-state index contributed by atoms with van der Waals surface area (Å²) in [5.74, 6) is 0. The Kier molecular flexibility index (Phi) is 20.4. The molecule has 1 atom stereocenters. The number of halogens is 2. The molecule has 0 amide bonds. The molecule has 0 rings (SSSR count). The number of alkyl halides is 1. The molecule has 130 valence electrons. The molecular weight excluding hydrogens is 437 g/mol. The molecule has 21 heavy (non-hydrogen) atoms. The lowest BCUT2D eigenvalue weighted by Crippen LogP contribution is -3.00. The van der Waals surface area contributed by atoms with Gasteiger partial charge in [-0.05, 0) is 38.5 Å². The van der Waals surface area contributed by atoms with Crippen LogP contribution in [0.3, 0.4) is 0 Å². The smallest absolute Gasteiger partial charge is 0.0784 e. The Balaban J connectivity index is 0. The van der Waals surface area contributed by atoms with Crippen LogP contribution in [0.1, 0.15) is 84.5 Å². The van der Waals surface area contributed by atoms with Crippen LogP contribution in [0.5, 0.6) is 0 Å². The van der Waals surface area contributed by atoms with Crippen LogP contribution >= 0.6 is 15.9 Å². The third-order valence-electron chi connectivity index (χ3n) is 4.43. The van der Waals surface area contributed by atoms with E-state index in [1.54, 1.807) is 0 Å². The lowest BCUT2D eigenvalue weighted by Gasteiger charge is -2.35. The quantitative estimate of drug-likeness (QED) is 0.148. The molecule has 0 aliphatic heterocycles. The highest BCUT2D eigenvalue weighted by molar-refractivity contribution is 9.09. The van der Waals surface area contributed by atoms with E-state index in [4.69, 9.17) is 0 Å². The largest absolute Gasteiger partial charge is 1.00 e. The van der Waals surface area contributed by atoms with Gasteiger partial charge in [-0.25, -0.2) is 0 Å². The van der Waals surface area contributed by atoms with Crippen LogP contribution in [0.2, 0.25) is 0 Å². The summed E-state index contributed by atoms with van der Waals surface area (Å²) < 4.78 is 1.32. The maximum absolute atomic E-state index is 3.56. The number of hydrogen-bond acceptors (Lipinski definition) is 0. The first-order chi connectivity index (χ1) is 9.68. The molecule has 0 saturated carbocycles. The second-order valence-corrected chi connectivity index (χ2v) is 7.45. The van der Waals surface area contributed by atoms with Crippen molar-refractivity contribution >= 4 is 15.9 Å². The van der Waals surface area contributed by atoms with Crippen molar-refractivity contribution in [1.82, 2.24) is 0 Å². The highest BCUT2D eigenvalue weighted by atomic mass is 127. The zero-order chi connectivity index (χ0) is 15.1. The zero-order valence-electron chi connectivity index (χ0n) is 14.8. The third kappa shape index (κ3) is 15.8. The standard InChI is InChI=1S/C18H39BrN.HI/c1-4-6-8-10-13-17-20(3,18-14-11-15-19)16-12-9-7-5-2;/h4-18H2,1-3H3;1H/q+1;/p-1. The normalized spacial score (nSPS) is 13.7. The first-order valence-corrected chi connectivity index (χ1v) is 10.2. The molecule has 0 fully saturated rings. The van der Waals surface area contributed by atoms with Gasteiger partial charge in [-0.3, -0.25) is 0 Å². The lowest BCUT2D eigenvalue weighted by atomic mass is 10.1. The van der Waals surface area contributed by atoms with E-state index in [1.165, 1.54) is 100 Å². The van der Waals surface area contributed by atoms with E-state index in [1.807, 2.05) is 0 Å². The van der Waals surface area contributed by atoms with Crippen molar-refractivity contribution in [1.29, 1.82) is 0 Å². The fourth-order valence-corrected chi connectivity index (χ4v) is 3.34. The van der Waals surface area contributed by atoms with Crippen molar-refractivity contribution in [3.63, 3.8) is 0 Å². The predicted molar refractivity (Wildman–Crippen MR) is 96.7 cm³/mol. The van der Waals surface area contributed by atoms with E-state index in [2.05, 4.69) is 36.8 Å². The molecule has 0 bridgehead atoms. The Morgan fingerprint density at radius 1 is 0.619 bits per heavy atom. The third-order valence-corrected chi connectivity index (χ3v) is 5.00. The Labute approximate surface area is 160 Å². The molecule has 0 aliphatic rings. The Bertz CT molecular complexity index is 202. The van der Waals surface area contributed by atoms with Crippen LogP contribution in [0.15, 0.2) is 0 Å². The van der Waals surface area contributed by atoms with E-state index in [0.717, 1.165) is 0 Å². The molecule has 0 aromatic rings. The van der Waals surface area contributed by atoms with Crippen LogP contribution in [0.25, 0.3) is 0 Å². The average Bonchev–Trinajstić information content (AvgIpc) is 2.44. The van der Waals surface area contributed by atoms with E-state index in [9.17, 15) is 0 Å². The summed E-state index contributed by atoms with van der Waals surface area (Å²) in [6.07, 6.45) is 15.4. The van der Waals surface area contributed by atoms with Gasteiger partial charge in [0.1, 0.15) is 0 Å². The van der Waals surface area contributed by atoms with Gasteiger partial charge in [0.15, 0.2) is 0 Å². The molecule has 0 radical (unpaired) electrons. The average molecular weight is 476 g/mol. The lowest BCUT2D eigenvalue weighted by molar-refractivity contribution is -0.910. The van der Waals surface area contributed by atoms with E-state index < -0.39 is 0 Å². The maximum Gasteiger partial charge on any atom is 0.0784 e. The number of nitrogens with zero attached hydrogens (tertiary/aromatic N) is 1. The minimum Gasteiger partial charge on any atom is -1.00 e. The molecule has 0 aromatic heterocycles. The molecule has 0 saturated heterocycles. The summed E-state index contributed by atoms with van der Waals surface area (Å²) in [6, 6.07) is 0. The first-order valence-electron chi connectivity index (χ1n) is 9.08. The van der Waals surface area contributed by atoms with Gasteiger partial charge in [0.2, 0.25) is 0 Å². The van der Waals surface area contributed by atoms with Crippen molar-refractivity contribution in [3.8, 4) is 0 Å². The monoisotopic (exact) mass is 475 g/mol. The fraction of sp³-hybridized carbons (Fsp3) is 1.00. The molecular formula is C18H39BrIN. The molecule has 0 heterocycles. The molecule has 0 aromatic carbocycles. The van der Waals surface area contributed by atoms with Crippen LogP contribution < -0.4 is 24.0 Å². The van der Waals surface area contributed by atoms with Gasteiger partial charge in [-0.15, -0.1) is 0 Å². The van der Waals surface area contributed by atoms with Crippen molar-refractivity contribution in [2.45, 2.75) is 84.5 Å². The molecule has 1 unspecified atom stereocenters. The SMILES string of the molecule is CCCCCCC[N+](C)(CCCCBr)CCCCCC.[I-]. The molecule has 3 heteroatoms. The van der Waals surface area contributed by atoms with E-state index in [-0.39, 0.29) is 24.0 Å². The van der Waals surface area contributed by atoms with Gasteiger partial charge in [-0.2, -0.15) is 0 Å². The van der Waals surface area contributed by atoms with Gasteiger partial charge in [0.25, 0.3) is 0 Å². The van der Waals surface area contributed by atoms with Crippen molar-refractivity contribution in [2.24, 2.45) is 0 Å². The highest BCUT2D eigenvalue weighted by Crippen LogP contribution is 2.14. The number of hydrogen-bond donors (Lipinski definition) is 0. The van der Waals surface area contributed by atoms with Gasteiger partial charge >= 0.3 is 0 Å². The van der Waals surface area contributed by atoms with Crippen LogP contribution in [0.4, 0.5) is 0 Å². The Morgan fingerprint density at radius 2 is 1.00 bits per heavy atom. The summed E-state index contributed by atoms with van der Waals surface area (Å²) in [7, 11) is 2.50. The first kappa shape index (κ1) is 24.4.